The van der Waals surface area contributed by atoms with Gasteiger partial charge in [-0.05, 0) is 30.2 Å². The van der Waals surface area contributed by atoms with Crippen LogP contribution in [0.15, 0.2) is 53.5 Å². The maximum Gasteiger partial charge on any atom is 0.191 e. The maximum atomic E-state index is 10.5. The zero-order valence-corrected chi connectivity index (χ0v) is 15.5. The van der Waals surface area contributed by atoms with Crippen molar-refractivity contribution in [1.29, 1.82) is 0 Å². The minimum absolute atomic E-state index is 0.316. The van der Waals surface area contributed by atoms with Crippen molar-refractivity contribution in [1.82, 2.24) is 10.6 Å². The lowest BCUT2D eigenvalue weighted by molar-refractivity contribution is 0.180. The first-order chi connectivity index (χ1) is 12.7. The highest BCUT2D eigenvalue weighted by Gasteiger charge is 2.12. The molecule has 2 aromatic rings. The number of ether oxygens (including phenoxy) is 2. The molecule has 0 aliphatic carbocycles. The molecule has 0 radical (unpaired) electrons. The third kappa shape index (κ3) is 5.97. The SMILES string of the molecule is CCNC(=NCc1ccccc1)NCC(O)c1cc(OC)cc(OC)c1. The molecule has 0 saturated heterocycles. The van der Waals surface area contributed by atoms with Gasteiger partial charge < -0.3 is 25.2 Å². The monoisotopic (exact) mass is 357 g/mol. The van der Waals surface area contributed by atoms with Crippen LogP contribution in [0.5, 0.6) is 11.5 Å². The quantitative estimate of drug-likeness (QED) is 0.500. The van der Waals surface area contributed by atoms with Gasteiger partial charge in [-0.15, -0.1) is 0 Å². The number of aliphatic hydroxyl groups excluding tert-OH is 1. The average Bonchev–Trinajstić information content (AvgIpc) is 2.70. The maximum absolute atomic E-state index is 10.5. The summed E-state index contributed by atoms with van der Waals surface area (Å²) in [7, 11) is 3.17. The lowest BCUT2D eigenvalue weighted by Gasteiger charge is -2.17. The van der Waals surface area contributed by atoms with Crippen molar-refractivity contribution < 1.29 is 14.6 Å². The van der Waals surface area contributed by atoms with E-state index < -0.39 is 6.10 Å². The van der Waals surface area contributed by atoms with E-state index in [1.54, 1.807) is 32.4 Å². The van der Waals surface area contributed by atoms with Crippen LogP contribution in [0.1, 0.15) is 24.2 Å². The van der Waals surface area contributed by atoms with Crippen LogP contribution >= 0.6 is 0 Å². The Hall–Kier alpha value is -2.73. The second kappa shape index (κ2) is 10.3. The molecule has 26 heavy (non-hydrogen) atoms. The molecule has 6 heteroatoms. The highest BCUT2D eigenvalue weighted by molar-refractivity contribution is 5.79. The number of methoxy groups -OCH3 is 2. The lowest BCUT2D eigenvalue weighted by Crippen LogP contribution is -2.39. The molecular formula is C20H27N3O3. The molecule has 1 unspecified atom stereocenters. The minimum Gasteiger partial charge on any atom is -0.497 e. The molecule has 0 aromatic heterocycles. The van der Waals surface area contributed by atoms with Gasteiger partial charge >= 0.3 is 0 Å². The predicted octanol–water partition coefficient (Wildman–Crippen LogP) is 2.49. The molecule has 2 aromatic carbocycles. The van der Waals surface area contributed by atoms with E-state index in [9.17, 15) is 5.11 Å². The van der Waals surface area contributed by atoms with E-state index >= 15 is 0 Å². The number of hydrogen-bond donors (Lipinski definition) is 3. The number of rotatable bonds is 8. The number of nitrogens with one attached hydrogen (secondary N) is 2. The van der Waals surface area contributed by atoms with Gasteiger partial charge in [0, 0.05) is 19.2 Å². The lowest BCUT2D eigenvalue weighted by atomic mass is 10.1. The molecule has 0 fully saturated rings. The summed E-state index contributed by atoms with van der Waals surface area (Å²) in [6.07, 6.45) is -0.723. The fourth-order valence-electron chi connectivity index (χ4n) is 2.43. The largest absolute Gasteiger partial charge is 0.497 e. The summed E-state index contributed by atoms with van der Waals surface area (Å²) in [6, 6.07) is 15.4. The van der Waals surface area contributed by atoms with Gasteiger partial charge in [-0.1, -0.05) is 30.3 Å². The first-order valence-corrected chi connectivity index (χ1v) is 8.63. The minimum atomic E-state index is -0.723. The van der Waals surface area contributed by atoms with Crippen molar-refractivity contribution in [2.75, 3.05) is 27.3 Å². The normalized spacial score (nSPS) is 12.4. The van der Waals surface area contributed by atoms with Gasteiger partial charge in [0.15, 0.2) is 5.96 Å². The topological polar surface area (TPSA) is 75.1 Å². The van der Waals surface area contributed by atoms with Gasteiger partial charge in [-0.2, -0.15) is 0 Å². The first-order valence-electron chi connectivity index (χ1n) is 8.63. The van der Waals surface area contributed by atoms with Crippen LogP contribution in [0.3, 0.4) is 0 Å². The Morgan fingerprint density at radius 2 is 1.69 bits per heavy atom. The Morgan fingerprint density at radius 3 is 2.27 bits per heavy atom. The fraction of sp³-hybridized carbons (Fsp3) is 0.350. The smallest absolute Gasteiger partial charge is 0.191 e. The molecule has 140 valence electrons. The molecule has 0 spiro atoms. The molecule has 0 bridgehead atoms. The molecule has 0 heterocycles. The summed E-state index contributed by atoms with van der Waals surface area (Å²) >= 11 is 0. The van der Waals surface area contributed by atoms with E-state index in [0.717, 1.165) is 12.1 Å². The van der Waals surface area contributed by atoms with Crippen LogP contribution in [-0.4, -0.2) is 38.4 Å². The van der Waals surface area contributed by atoms with Crippen molar-refractivity contribution in [2.45, 2.75) is 19.6 Å². The number of hydrogen-bond acceptors (Lipinski definition) is 4. The molecule has 2 rings (SSSR count). The van der Waals surface area contributed by atoms with Crippen LogP contribution in [0.25, 0.3) is 0 Å². The van der Waals surface area contributed by atoms with E-state index in [0.29, 0.717) is 36.1 Å². The molecule has 6 nitrogen and oxygen atoms in total. The van der Waals surface area contributed by atoms with Crippen LogP contribution < -0.4 is 20.1 Å². The van der Waals surface area contributed by atoms with E-state index in [1.165, 1.54) is 0 Å². The van der Waals surface area contributed by atoms with Crippen molar-refractivity contribution in [2.24, 2.45) is 4.99 Å². The molecular weight excluding hydrogens is 330 g/mol. The van der Waals surface area contributed by atoms with Crippen molar-refractivity contribution >= 4 is 5.96 Å². The number of aliphatic imine (C=N–C) groups is 1. The second-order valence-electron chi connectivity index (χ2n) is 5.72. The van der Waals surface area contributed by atoms with E-state index in [2.05, 4.69) is 15.6 Å². The zero-order valence-electron chi connectivity index (χ0n) is 15.5. The Labute approximate surface area is 154 Å². The summed E-state index contributed by atoms with van der Waals surface area (Å²) < 4.78 is 10.5. The molecule has 0 aliphatic heterocycles. The standard InChI is InChI=1S/C20H27N3O3/c1-4-21-20(22-13-15-8-6-5-7-9-15)23-14-19(24)16-10-17(25-2)12-18(11-16)26-3/h5-12,19,24H,4,13-14H2,1-3H3,(H2,21,22,23). The van der Waals surface area contributed by atoms with E-state index in [1.807, 2.05) is 37.3 Å². The fourth-order valence-corrected chi connectivity index (χ4v) is 2.43. The highest BCUT2D eigenvalue weighted by atomic mass is 16.5. The summed E-state index contributed by atoms with van der Waals surface area (Å²) in [6.45, 7) is 3.63. The third-order valence-electron chi connectivity index (χ3n) is 3.83. The predicted molar refractivity (Wildman–Crippen MR) is 104 cm³/mol. The summed E-state index contributed by atoms with van der Waals surface area (Å²) in [4.78, 5) is 4.55. The number of benzene rings is 2. The van der Waals surface area contributed by atoms with Crippen LogP contribution in [0, 0.1) is 0 Å². The second-order valence-corrected chi connectivity index (χ2v) is 5.72. The summed E-state index contributed by atoms with van der Waals surface area (Å²) in [5.41, 5.74) is 1.84. The molecule has 0 amide bonds. The Balaban J connectivity index is 2.01. The molecule has 0 saturated carbocycles. The van der Waals surface area contributed by atoms with E-state index in [4.69, 9.17) is 9.47 Å². The molecule has 3 N–H and O–H groups in total. The van der Waals surface area contributed by atoms with Crippen LogP contribution in [0.2, 0.25) is 0 Å². The van der Waals surface area contributed by atoms with Crippen LogP contribution in [0.4, 0.5) is 0 Å². The average molecular weight is 357 g/mol. The van der Waals surface area contributed by atoms with Gasteiger partial charge in [0.1, 0.15) is 11.5 Å². The molecule has 1 atom stereocenters. The van der Waals surface area contributed by atoms with Crippen molar-refractivity contribution in [3.8, 4) is 11.5 Å². The Kier molecular flexibility index (Phi) is 7.76. The van der Waals surface area contributed by atoms with Gasteiger partial charge in [0.05, 0.1) is 26.9 Å². The number of nitrogens with zero attached hydrogens (tertiary/aromatic N) is 1. The molecule has 0 aliphatic rings. The Morgan fingerprint density at radius 1 is 1.04 bits per heavy atom. The van der Waals surface area contributed by atoms with E-state index in [-0.39, 0.29) is 0 Å². The zero-order chi connectivity index (χ0) is 18.8. The van der Waals surface area contributed by atoms with Crippen LogP contribution in [-0.2, 0) is 6.54 Å². The first kappa shape index (κ1) is 19.6. The van der Waals surface area contributed by atoms with Gasteiger partial charge in [0.25, 0.3) is 0 Å². The summed E-state index contributed by atoms with van der Waals surface area (Å²) in [5, 5.41) is 16.9. The third-order valence-corrected chi connectivity index (χ3v) is 3.83. The Bertz CT molecular complexity index is 682. The highest BCUT2D eigenvalue weighted by Crippen LogP contribution is 2.26. The van der Waals surface area contributed by atoms with Gasteiger partial charge in [-0.25, -0.2) is 4.99 Å². The van der Waals surface area contributed by atoms with Crippen molar-refractivity contribution in [3.63, 3.8) is 0 Å². The number of guanidine groups is 1. The van der Waals surface area contributed by atoms with Gasteiger partial charge in [0.2, 0.25) is 0 Å². The number of aliphatic hydroxyl groups is 1. The van der Waals surface area contributed by atoms with Crippen molar-refractivity contribution in [3.05, 3.63) is 59.7 Å². The summed E-state index contributed by atoms with van der Waals surface area (Å²) in [5.74, 6) is 1.94. The van der Waals surface area contributed by atoms with Gasteiger partial charge in [-0.3, -0.25) is 0 Å².